The predicted molar refractivity (Wildman–Crippen MR) is 98.0 cm³/mol. The number of benzene rings is 1. The van der Waals surface area contributed by atoms with Crippen molar-refractivity contribution in [1.29, 1.82) is 5.26 Å². The Labute approximate surface area is 151 Å². The molecular weight excluding hydrogens is 344 g/mol. The Hall–Kier alpha value is -1.71. The number of aromatic nitrogens is 2. The molecule has 1 N–H and O–H groups in total. The van der Waals surface area contributed by atoms with Crippen LogP contribution in [0.2, 0.25) is 5.02 Å². The molecule has 1 aromatic carbocycles. The van der Waals surface area contributed by atoms with Crippen molar-refractivity contribution in [1.82, 2.24) is 14.9 Å². The van der Waals surface area contributed by atoms with Gasteiger partial charge in [0.15, 0.2) is 5.16 Å². The van der Waals surface area contributed by atoms with Crippen molar-refractivity contribution in [3.05, 3.63) is 23.2 Å². The number of imidazole rings is 1. The van der Waals surface area contributed by atoms with Crippen LogP contribution in [0.5, 0.6) is 0 Å². The summed E-state index contributed by atoms with van der Waals surface area (Å²) in [6.45, 7) is 7.38. The van der Waals surface area contributed by atoms with Crippen LogP contribution in [-0.2, 0) is 11.8 Å². The summed E-state index contributed by atoms with van der Waals surface area (Å²) >= 11 is 7.36. The number of hydrogen-bond acceptors (Lipinski definition) is 4. The van der Waals surface area contributed by atoms with Crippen LogP contribution in [0.25, 0.3) is 11.0 Å². The zero-order valence-corrected chi connectivity index (χ0v) is 16.0. The molecule has 1 aromatic heterocycles. The first kappa shape index (κ1) is 18.6. The van der Waals surface area contributed by atoms with E-state index in [1.807, 2.05) is 44.5 Å². The summed E-state index contributed by atoms with van der Waals surface area (Å²) in [6, 6.07) is 7.72. The Morgan fingerprint density at radius 3 is 2.71 bits per heavy atom. The van der Waals surface area contributed by atoms with E-state index in [-0.39, 0.29) is 17.1 Å². The van der Waals surface area contributed by atoms with Crippen molar-refractivity contribution in [2.45, 2.75) is 43.6 Å². The van der Waals surface area contributed by atoms with Crippen LogP contribution >= 0.6 is 23.4 Å². The second-order valence-electron chi connectivity index (χ2n) is 6.30. The first-order chi connectivity index (χ1) is 11.2. The number of hydrogen-bond donors (Lipinski definition) is 1. The largest absolute Gasteiger partial charge is 0.337 e. The summed E-state index contributed by atoms with van der Waals surface area (Å²) in [6.07, 6.45) is 0. The number of nitrogens with zero attached hydrogens (tertiary/aromatic N) is 3. The molecule has 1 amide bonds. The van der Waals surface area contributed by atoms with E-state index in [1.165, 1.54) is 11.8 Å². The number of rotatable bonds is 5. The third-order valence-electron chi connectivity index (χ3n) is 4.22. The van der Waals surface area contributed by atoms with E-state index in [0.717, 1.165) is 16.2 Å². The van der Waals surface area contributed by atoms with Gasteiger partial charge in [0.1, 0.15) is 5.54 Å². The molecule has 0 saturated carbocycles. The highest BCUT2D eigenvalue weighted by molar-refractivity contribution is 8.00. The van der Waals surface area contributed by atoms with Crippen LogP contribution < -0.4 is 5.32 Å². The lowest BCUT2D eigenvalue weighted by Gasteiger charge is -2.28. The van der Waals surface area contributed by atoms with Crippen LogP contribution in [-0.4, -0.2) is 26.2 Å². The van der Waals surface area contributed by atoms with Crippen molar-refractivity contribution in [2.75, 3.05) is 0 Å². The first-order valence-electron chi connectivity index (χ1n) is 7.70. The minimum Gasteiger partial charge on any atom is -0.337 e. The van der Waals surface area contributed by atoms with E-state index < -0.39 is 5.54 Å². The summed E-state index contributed by atoms with van der Waals surface area (Å²) in [5, 5.41) is 13.2. The van der Waals surface area contributed by atoms with E-state index >= 15 is 0 Å². The van der Waals surface area contributed by atoms with Gasteiger partial charge in [0, 0.05) is 12.1 Å². The van der Waals surface area contributed by atoms with Crippen LogP contribution in [0, 0.1) is 17.2 Å². The first-order valence-corrected chi connectivity index (χ1v) is 8.95. The predicted octanol–water partition coefficient (Wildman–Crippen LogP) is 3.76. The molecule has 0 fully saturated rings. The van der Waals surface area contributed by atoms with Crippen molar-refractivity contribution in [2.24, 2.45) is 13.0 Å². The van der Waals surface area contributed by atoms with Gasteiger partial charge in [-0.15, -0.1) is 0 Å². The fourth-order valence-electron chi connectivity index (χ4n) is 2.13. The van der Waals surface area contributed by atoms with Gasteiger partial charge in [-0.3, -0.25) is 4.79 Å². The van der Waals surface area contributed by atoms with Crippen molar-refractivity contribution < 1.29 is 4.79 Å². The van der Waals surface area contributed by atoms with Crippen molar-refractivity contribution in [3.63, 3.8) is 0 Å². The average Bonchev–Trinajstić information content (AvgIpc) is 2.82. The number of carbonyl (C=O) groups excluding carboxylic acids is 1. The van der Waals surface area contributed by atoms with Gasteiger partial charge in [-0.1, -0.05) is 37.2 Å². The molecule has 128 valence electrons. The normalized spacial score (nSPS) is 15.1. The van der Waals surface area contributed by atoms with Gasteiger partial charge in [-0.05, 0) is 38.0 Å². The molecule has 0 aliphatic carbocycles. The molecule has 0 bridgehead atoms. The standard InChI is InChI=1S/C17H21ClN4OS/c1-10(2)17(4,9-19)21-15(23)11(3)24-16-20-13-8-12(18)6-7-14(13)22(16)5/h6-8,10-11H,1-5H3,(H,21,23)/t11-,17+/m1/s1. The second kappa shape index (κ2) is 7.04. The Balaban J connectivity index is 2.18. The van der Waals surface area contributed by atoms with E-state index in [4.69, 9.17) is 11.6 Å². The Bertz CT molecular complexity index is 811. The number of nitrogens with one attached hydrogen (secondary N) is 1. The summed E-state index contributed by atoms with van der Waals surface area (Å²) in [7, 11) is 1.91. The molecule has 1 heterocycles. The molecule has 0 aliphatic rings. The minimum atomic E-state index is -0.883. The quantitative estimate of drug-likeness (QED) is 0.820. The second-order valence-corrected chi connectivity index (χ2v) is 8.05. The molecular formula is C17H21ClN4OS. The Kier molecular flexibility index (Phi) is 5.46. The molecule has 0 radical (unpaired) electrons. The molecule has 5 nitrogen and oxygen atoms in total. The van der Waals surface area contributed by atoms with Gasteiger partial charge in [0.05, 0.1) is 22.4 Å². The third-order valence-corrected chi connectivity index (χ3v) is 5.60. The maximum absolute atomic E-state index is 12.5. The number of thioether (sulfide) groups is 1. The summed E-state index contributed by atoms with van der Waals surface area (Å²) < 4.78 is 1.94. The smallest absolute Gasteiger partial charge is 0.234 e. The number of halogens is 1. The highest BCUT2D eigenvalue weighted by Gasteiger charge is 2.32. The van der Waals surface area contributed by atoms with E-state index in [9.17, 15) is 10.1 Å². The third kappa shape index (κ3) is 3.68. The SMILES string of the molecule is CC(C)[C@](C)(C#N)NC(=O)[C@@H](C)Sc1nc2cc(Cl)ccc2n1C. The van der Waals surface area contributed by atoms with Gasteiger partial charge in [0.2, 0.25) is 5.91 Å². The molecule has 2 rings (SSSR count). The van der Waals surface area contributed by atoms with Gasteiger partial charge >= 0.3 is 0 Å². The van der Waals surface area contributed by atoms with Crippen LogP contribution in [0.1, 0.15) is 27.7 Å². The molecule has 0 saturated heterocycles. The zero-order chi connectivity index (χ0) is 18.1. The Morgan fingerprint density at radius 1 is 1.46 bits per heavy atom. The maximum atomic E-state index is 12.5. The molecule has 0 unspecified atom stereocenters. The number of carbonyl (C=O) groups is 1. The minimum absolute atomic E-state index is 0.0153. The number of fused-ring (bicyclic) bond motifs is 1. The van der Waals surface area contributed by atoms with Gasteiger partial charge in [-0.25, -0.2) is 4.98 Å². The lowest BCUT2D eigenvalue weighted by atomic mass is 9.90. The van der Waals surface area contributed by atoms with Gasteiger partial charge in [-0.2, -0.15) is 5.26 Å². The molecule has 7 heteroatoms. The van der Waals surface area contributed by atoms with E-state index in [0.29, 0.717) is 5.02 Å². The summed E-state index contributed by atoms with van der Waals surface area (Å²) in [4.78, 5) is 17.0. The van der Waals surface area contributed by atoms with Gasteiger partial charge in [0.25, 0.3) is 0 Å². The van der Waals surface area contributed by atoms with Crippen LogP contribution in [0.4, 0.5) is 0 Å². The fraction of sp³-hybridized carbons (Fsp3) is 0.471. The van der Waals surface area contributed by atoms with Crippen molar-refractivity contribution in [3.8, 4) is 6.07 Å². The fourth-order valence-corrected chi connectivity index (χ4v) is 3.18. The maximum Gasteiger partial charge on any atom is 0.234 e. The lowest BCUT2D eigenvalue weighted by Crippen LogP contribution is -2.51. The molecule has 0 aliphatic heterocycles. The highest BCUT2D eigenvalue weighted by atomic mass is 35.5. The summed E-state index contributed by atoms with van der Waals surface area (Å²) in [5.41, 5.74) is 0.869. The number of amides is 1. The van der Waals surface area contributed by atoms with Crippen molar-refractivity contribution >= 4 is 40.3 Å². The summed E-state index contributed by atoms with van der Waals surface area (Å²) in [5.74, 6) is -0.163. The average molecular weight is 365 g/mol. The van der Waals surface area contributed by atoms with Crippen LogP contribution in [0.3, 0.4) is 0 Å². The highest BCUT2D eigenvalue weighted by Crippen LogP contribution is 2.28. The molecule has 2 aromatic rings. The zero-order valence-electron chi connectivity index (χ0n) is 14.4. The van der Waals surface area contributed by atoms with Gasteiger partial charge < -0.3 is 9.88 Å². The van der Waals surface area contributed by atoms with E-state index in [1.54, 1.807) is 13.0 Å². The number of aryl methyl sites for hydroxylation is 1. The Morgan fingerprint density at radius 2 is 2.12 bits per heavy atom. The number of nitriles is 1. The topological polar surface area (TPSA) is 70.7 Å². The molecule has 2 atom stereocenters. The molecule has 0 spiro atoms. The molecule has 24 heavy (non-hydrogen) atoms. The van der Waals surface area contributed by atoms with E-state index in [2.05, 4.69) is 16.4 Å². The lowest BCUT2D eigenvalue weighted by molar-refractivity contribution is -0.121. The van der Waals surface area contributed by atoms with Crippen LogP contribution in [0.15, 0.2) is 23.4 Å². The monoisotopic (exact) mass is 364 g/mol.